The van der Waals surface area contributed by atoms with Crippen molar-refractivity contribution in [2.75, 3.05) is 37.6 Å². The number of carbonyl (C=O) groups is 1. The average molecular weight is 480 g/mol. The summed E-state index contributed by atoms with van der Waals surface area (Å²) in [6.45, 7) is 4.90. The first-order valence-corrected chi connectivity index (χ1v) is 12.3. The third-order valence-corrected chi connectivity index (χ3v) is 6.86. The standard InChI is InChI=1S/C28H29N7O/c29-16-20-4-9-26-25(15-20)23(17-31-26)3-1-2-10-34-11-13-35(14-12-34)28-32-18-24(19-33-28)21-5-7-22(8-6-21)27(30)36/h4-9,15,17-19,31H,1-3,10-14H2,(H2,30,36). The predicted molar refractivity (Wildman–Crippen MR) is 141 cm³/mol. The minimum atomic E-state index is -0.434. The summed E-state index contributed by atoms with van der Waals surface area (Å²) in [4.78, 5) is 28.5. The van der Waals surface area contributed by atoms with Crippen LogP contribution in [0.5, 0.6) is 0 Å². The highest BCUT2D eigenvalue weighted by molar-refractivity contribution is 5.93. The number of piperazine rings is 1. The fraction of sp³-hybridized carbons (Fsp3) is 0.286. The molecule has 0 atom stereocenters. The van der Waals surface area contributed by atoms with Gasteiger partial charge in [-0.25, -0.2) is 9.97 Å². The fourth-order valence-corrected chi connectivity index (χ4v) is 4.74. The summed E-state index contributed by atoms with van der Waals surface area (Å²) >= 11 is 0. The van der Waals surface area contributed by atoms with Crippen LogP contribution in [0.3, 0.4) is 0 Å². The molecule has 5 rings (SSSR count). The van der Waals surface area contributed by atoms with Crippen LogP contribution in [0.25, 0.3) is 22.0 Å². The maximum Gasteiger partial charge on any atom is 0.248 e. The molecule has 1 fully saturated rings. The lowest BCUT2D eigenvalue weighted by atomic mass is 10.1. The van der Waals surface area contributed by atoms with Crippen molar-refractivity contribution in [2.45, 2.75) is 19.3 Å². The number of H-pyrrole nitrogens is 1. The number of nitrogens with two attached hydrogens (primary N) is 1. The minimum absolute atomic E-state index is 0.434. The molecule has 0 aliphatic carbocycles. The highest BCUT2D eigenvalue weighted by Crippen LogP contribution is 2.22. The lowest BCUT2D eigenvalue weighted by Crippen LogP contribution is -2.47. The van der Waals surface area contributed by atoms with Gasteiger partial charge in [0.1, 0.15) is 0 Å². The molecule has 0 saturated carbocycles. The van der Waals surface area contributed by atoms with Crippen LogP contribution in [0.1, 0.15) is 34.3 Å². The van der Waals surface area contributed by atoms with Crippen molar-refractivity contribution >= 4 is 22.8 Å². The number of aromatic amines is 1. The largest absolute Gasteiger partial charge is 0.366 e. The number of primary amides is 1. The third-order valence-electron chi connectivity index (χ3n) is 6.86. The number of amides is 1. The molecule has 182 valence electrons. The van der Waals surface area contributed by atoms with Crippen molar-refractivity contribution < 1.29 is 4.79 Å². The molecule has 8 nitrogen and oxygen atoms in total. The Morgan fingerprint density at radius 1 is 1.00 bits per heavy atom. The number of hydrogen-bond donors (Lipinski definition) is 2. The fourth-order valence-electron chi connectivity index (χ4n) is 4.74. The Morgan fingerprint density at radius 3 is 2.44 bits per heavy atom. The van der Waals surface area contributed by atoms with Crippen molar-refractivity contribution in [3.8, 4) is 17.2 Å². The van der Waals surface area contributed by atoms with Crippen molar-refractivity contribution in [3.05, 3.63) is 77.7 Å². The van der Waals surface area contributed by atoms with Gasteiger partial charge in [-0.1, -0.05) is 12.1 Å². The second kappa shape index (κ2) is 10.6. The number of unbranched alkanes of at least 4 members (excludes halogenated alkanes) is 1. The van der Waals surface area contributed by atoms with E-state index in [-0.39, 0.29) is 0 Å². The number of anilines is 1. The molecule has 3 N–H and O–H groups in total. The first-order chi connectivity index (χ1) is 17.6. The zero-order valence-corrected chi connectivity index (χ0v) is 20.2. The molecule has 1 aliphatic rings. The number of fused-ring (bicyclic) bond motifs is 1. The van der Waals surface area contributed by atoms with Crippen LogP contribution in [-0.2, 0) is 6.42 Å². The average Bonchev–Trinajstić information content (AvgIpc) is 3.33. The van der Waals surface area contributed by atoms with Gasteiger partial charge in [0.2, 0.25) is 11.9 Å². The Kier molecular flexibility index (Phi) is 6.92. The van der Waals surface area contributed by atoms with E-state index in [0.717, 1.165) is 80.0 Å². The Hall–Kier alpha value is -4.22. The van der Waals surface area contributed by atoms with Gasteiger partial charge in [-0.15, -0.1) is 0 Å². The van der Waals surface area contributed by atoms with Crippen LogP contribution in [0.4, 0.5) is 5.95 Å². The van der Waals surface area contributed by atoms with E-state index in [9.17, 15) is 4.79 Å². The van der Waals surface area contributed by atoms with Gasteiger partial charge in [0.25, 0.3) is 0 Å². The van der Waals surface area contributed by atoms with Crippen molar-refractivity contribution in [1.82, 2.24) is 19.9 Å². The summed E-state index contributed by atoms with van der Waals surface area (Å²) in [5.41, 5.74) is 10.8. The second-order valence-electron chi connectivity index (χ2n) is 9.19. The van der Waals surface area contributed by atoms with Crippen molar-refractivity contribution in [1.29, 1.82) is 5.26 Å². The molecule has 0 bridgehead atoms. The zero-order valence-electron chi connectivity index (χ0n) is 20.2. The highest BCUT2D eigenvalue weighted by atomic mass is 16.1. The van der Waals surface area contributed by atoms with E-state index in [2.05, 4.69) is 37.0 Å². The van der Waals surface area contributed by atoms with E-state index in [1.54, 1.807) is 12.1 Å². The van der Waals surface area contributed by atoms with Gasteiger partial charge >= 0.3 is 0 Å². The lowest BCUT2D eigenvalue weighted by Gasteiger charge is -2.34. The zero-order chi connectivity index (χ0) is 24.9. The lowest BCUT2D eigenvalue weighted by molar-refractivity contribution is 0.100. The number of hydrogen-bond acceptors (Lipinski definition) is 6. The van der Waals surface area contributed by atoms with Crippen LogP contribution in [0, 0.1) is 11.3 Å². The summed E-state index contributed by atoms with van der Waals surface area (Å²) in [6, 6.07) is 15.2. The molecule has 1 saturated heterocycles. The van der Waals surface area contributed by atoms with Gasteiger partial charge in [-0.05, 0) is 67.3 Å². The van der Waals surface area contributed by atoms with Crippen LogP contribution in [-0.4, -0.2) is 58.5 Å². The first-order valence-electron chi connectivity index (χ1n) is 12.3. The second-order valence-corrected chi connectivity index (χ2v) is 9.19. The molecular weight excluding hydrogens is 450 g/mol. The Labute approximate surface area is 210 Å². The first kappa shape index (κ1) is 23.5. The van der Waals surface area contributed by atoms with Crippen molar-refractivity contribution in [3.63, 3.8) is 0 Å². The molecule has 1 aliphatic heterocycles. The number of carbonyl (C=O) groups excluding carboxylic acids is 1. The molecule has 0 unspecified atom stereocenters. The Morgan fingerprint density at radius 2 is 1.75 bits per heavy atom. The Balaban J connectivity index is 1.08. The number of nitriles is 1. The normalized spacial score (nSPS) is 14.1. The summed E-state index contributed by atoms with van der Waals surface area (Å²) in [5, 5.41) is 10.3. The number of benzene rings is 2. The van der Waals surface area contributed by atoms with E-state index >= 15 is 0 Å². The number of rotatable bonds is 8. The molecule has 1 amide bonds. The molecule has 3 heterocycles. The Bertz CT molecular complexity index is 1380. The van der Waals surface area contributed by atoms with Gasteiger partial charge in [-0.2, -0.15) is 5.26 Å². The number of aromatic nitrogens is 3. The summed E-state index contributed by atoms with van der Waals surface area (Å²) in [6.07, 6.45) is 9.02. The topological polar surface area (TPSA) is 115 Å². The highest BCUT2D eigenvalue weighted by Gasteiger charge is 2.18. The molecule has 0 spiro atoms. The maximum absolute atomic E-state index is 11.3. The van der Waals surface area contributed by atoms with Gasteiger partial charge in [-0.3, -0.25) is 9.69 Å². The SMILES string of the molecule is N#Cc1ccc2[nH]cc(CCCCN3CCN(c4ncc(-c5ccc(C(N)=O)cc5)cn4)CC3)c2c1. The quantitative estimate of drug-likeness (QED) is 0.372. The van der Waals surface area contributed by atoms with E-state index < -0.39 is 5.91 Å². The van der Waals surface area contributed by atoms with Crippen molar-refractivity contribution in [2.24, 2.45) is 5.73 Å². The summed E-state index contributed by atoms with van der Waals surface area (Å²) < 4.78 is 0. The molecular formula is C28H29N7O. The van der Waals surface area contributed by atoms with Gasteiger partial charge in [0.15, 0.2) is 0 Å². The van der Waals surface area contributed by atoms with Crippen LogP contribution in [0.2, 0.25) is 0 Å². The van der Waals surface area contributed by atoms with E-state index in [1.807, 2.05) is 42.7 Å². The number of nitrogens with zero attached hydrogens (tertiary/aromatic N) is 5. The summed E-state index contributed by atoms with van der Waals surface area (Å²) in [5.74, 6) is 0.319. The summed E-state index contributed by atoms with van der Waals surface area (Å²) in [7, 11) is 0. The smallest absolute Gasteiger partial charge is 0.248 e. The van der Waals surface area contributed by atoms with Crippen LogP contribution < -0.4 is 10.6 Å². The van der Waals surface area contributed by atoms with Gasteiger partial charge < -0.3 is 15.6 Å². The molecule has 36 heavy (non-hydrogen) atoms. The molecule has 2 aromatic heterocycles. The van der Waals surface area contributed by atoms with Crippen LogP contribution in [0.15, 0.2) is 61.1 Å². The third kappa shape index (κ3) is 5.21. The minimum Gasteiger partial charge on any atom is -0.366 e. The van der Waals surface area contributed by atoms with E-state index in [4.69, 9.17) is 11.0 Å². The monoisotopic (exact) mass is 479 g/mol. The van der Waals surface area contributed by atoms with Gasteiger partial charge in [0.05, 0.1) is 11.6 Å². The van der Waals surface area contributed by atoms with E-state index in [0.29, 0.717) is 11.1 Å². The maximum atomic E-state index is 11.3. The molecule has 4 aromatic rings. The predicted octanol–water partition coefficient (Wildman–Crippen LogP) is 3.74. The molecule has 0 radical (unpaired) electrons. The number of aryl methyl sites for hydroxylation is 1. The molecule has 2 aromatic carbocycles. The number of nitrogens with one attached hydrogen (secondary N) is 1. The van der Waals surface area contributed by atoms with Crippen LogP contribution >= 0.6 is 0 Å². The molecule has 8 heteroatoms. The van der Waals surface area contributed by atoms with Gasteiger partial charge in [0, 0.05) is 66.8 Å². The van der Waals surface area contributed by atoms with E-state index in [1.165, 1.54) is 5.56 Å².